The predicted octanol–water partition coefficient (Wildman–Crippen LogP) is 3.09. The van der Waals surface area contributed by atoms with E-state index in [9.17, 15) is 0 Å². The maximum Gasteiger partial charge on any atom is 0.0355 e. The Kier molecular flexibility index (Phi) is 5.38. The van der Waals surface area contributed by atoms with Crippen molar-refractivity contribution in [2.24, 2.45) is 11.1 Å². The molecule has 124 valence electrons. The van der Waals surface area contributed by atoms with Gasteiger partial charge >= 0.3 is 0 Å². The van der Waals surface area contributed by atoms with E-state index in [1.165, 1.54) is 51.6 Å². The summed E-state index contributed by atoms with van der Waals surface area (Å²) in [6.07, 6.45) is 7.88. The fourth-order valence-electron chi connectivity index (χ4n) is 4.32. The van der Waals surface area contributed by atoms with E-state index in [0.717, 1.165) is 12.6 Å². The Hall–Kier alpha value is -0.120. The second kappa shape index (κ2) is 6.55. The number of hydrogen-bond acceptors (Lipinski definition) is 3. The maximum atomic E-state index is 6.26. The van der Waals surface area contributed by atoms with E-state index < -0.39 is 0 Å². The molecule has 3 nitrogen and oxygen atoms in total. The van der Waals surface area contributed by atoms with E-state index in [1.54, 1.807) is 0 Å². The lowest BCUT2D eigenvalue weighted by molar-refractivity contribution is -0.0110. The van der Waals surface area contributed by atoms with Gasteiger partial charge in [0, 0.05) is 37.3 Å². The number of nitrogens with two attached hydrogens (primary N) is 1. The van der Waals surface area contributed by atoms with Gasteiger partial charge in [-0.3, -0.25) is 4.90 Å². The van der Waals surface area contributed by atoms with Crippen molar-refractivity contribution in [1.29, 1.82) is 0 Å². The molecule has 0 bridgehead atoms. The Morgan fingerprint density at radius 3 is 2.05 bits per heavy atom. The smallest absolute Gasteiger partial charge is 0.0355 e. The Balaban J connectivity index is 1.98. The van der Waals surface area contributed by atoms with Crippen LogP contribution in [0.1, 0.15) is 66.2 Å². The molecule has 0 atom stereocenters. The SMILES string of the molecule is CC(C)N1CCC(CN)(N(C)C2CCC(C)(C)CC2)CC1. The van der Waals surface area contributed by atoms with Crippen LogP contribution >= 0.6 is 0 Å². The molecule has 2 aliphatic rings. The van der Waals surface area contributed by atoms with Crippen LogP contribution in [0.5, 0.6) is 0 Å². The summed E-state index contributed by atoms with van der Waals surface area (Å²) in [7, 11) is 2.35. The molecule has 1 heterocycles. The zero-order valence-corrected chi connectivity index (χ0v) is 15.0. The van der Waals surface area contributed by atoms with Gasteiger partial charge < -0.3 is 10.6 Å². The highest BCUT2D eigenvalue weighted by Gasteiger charge is 2.41. The third kappa shape index (κ3) is 3.80. The van der Waals surface area contributed by atoms with Crippen LogP contribution in [0.2, 0.25) is 0 Å². The lowest BCUT2D eigenvalue weighted by atomic mass is 9.73. The molecule has 0 amide bonds. The van der Waals surface area contributed by atoms with Gasteiger partial charge in [0.2, 0.25) is 0 Å². The normalized spacial score (nSPS) is 27.4. The zero-order chi connectivity index (χ0) is 15.7. The molecule has 0 aromatic heterocycles. The second-order valence-electron chi connectivity index (χ2n) is 8.56. The highest BCUT2D eigenvalue weighted by Crippen LogP contribution is 2.40. The van der Waals surface area contributed by atoms with Crippen LogP contribution in [-0.4, -0.2) is 54.1 Å². The van der Waals surface area contributed by atoms with Crippen molar-refractivity contribution < 1.29 is 0 Å². The van der Waals surface area contributed by atoms with Gasteiger partial charge in [0.15, 0.2) is 0 Å². The van der Waals surface area contributed by atoms with E-state index >= 15 is 0 Å². The van der Waals surface area contributed by atoms with Crippen LogP contribution in [0.15, 0.2) is 0 Å². The van der Waals surface area contributed by atoms with Crippen molar-refractivity contribution in [2.75, 3.05) is 26.7 Å². The molecule has 0 aromatic rings. The topological polar surface area (TPSA) is 32.5 Å². The summed E-state index contributed by atoms with van der Waals surface area (Å²) >= 11 is 0. The molecule has 2 fully saturated rings. The molecule has 1 saturated carbocycles. The number of likely N-dealkylation sites (N-methyl/N-ethyl adjacent to an activating group) is 1. The standard InChI is InChI=1S/C18H37N3/c1-15(2)21-12-10-18(14-19,11-13-21)20(5)16-6-8-17(3,4)9-7-16/h15-16H,6-14,19H2,1-5H3. The first kappa shape index (κ1) is 17.2. The van der Waals surface area contributed by atoms with Crippen LogP contribution in [0, 0.1) is 5.41 Å². The Labute approximate surface area is 132 Å². The molecule has 1 saturated heterocycles. The van der Waals surface area contributed by atoms with Crippen molar-refractivity contribution in [3.8, 4) is 0 Å². The quantitative estimate of drug-likeness (QED) is 0.865. The molecule has 2 rings (SSSR count). The lowest BCUT2D eigenvalue weighted by Crippen LogP contribution is -2.61. The number of rotatable bonds is 4. The second-order valence-corrected chi connectivity index (χ2v) is 8.56. The van der Waals surface area contributed by atoms with Gasteiger partial charge in [-0.15, -0.1) is 0 Å². The highest BCUT2D eigenvalue weighted by molar-refractivity contribution is 4.99. The number of likely N-dealkylation sites (tertiary alicyclic amines) is 1. The van der Waals surface area contributed by atoms with Crippen molar-refractivity contribution in [3.05, 3.63) is 0 Å². The number of piperidine rings is 1. The maximum absolute atomic E-state index is 6.26. The molecule has 0 aromatic carbocycles. The van der Waals surface area contributed by atoms with Crippen molar-refractivity contribution in [3.63, 3.8) is 0 Å². The fraction of sp³-hybridized carbons (Fsp3) is 1.00. The summed E-state index contributed by atoms with van der Waals surface area (Å²) in [4.78, 5) is 5.28. The first-order valence-corrected chi connectivity index (χ1v) is 8.97. The molecule has 1 aliphatic heterocycles. The Morgan fingerprint density at radius 2 is 1.62 bits per heavy atom. The van der Waals surface area contributed by atoms with Crippen molar-refractivity contribution >= 4 is 0 Å². The molecule has 0 unspecified atom stereocenters. The minimum atomic E-state index is 0.248. The summed E-state index contributed by atoms with van der Waals surface area (Å²) in [6.45, 7) is 12.7. The first-order valence-electron chi connectivity index (χ1n) is 8.97. The van der Waals surface area contributed by atoms with Gasteiger partial charge in [-0.05, 0) is 64.8 Å². The van der Waals surface area contributed by atoms with Crippen LogP contribution < -0.4 is 5.73 Å². The van der Waals surface area contributed by atoms with E-state index in [2.05, 4.69) is 44.5 Å². The summed E-state index contributed by atoms with van der Waals surface area (Å²) in [5, 5.41) is 0. The van der Waals surface area contributed by atoms with Gasteiger partial charge in [-0.1, -0.05) is 13.8 Å². The Bertz CT molecular complexity index is 319. The van der Waals surface area contributed by atoms with Crippen molar-refractivity contribution in [2.45, 2.75) is 83.8 Å². The first-order chi connectivity index (χ1) is 9.80. The van der Waals surface area contributed by atoms with Gasteiger partial charge in [-0.2, -0.15) is 0 Å². The van der Waals surface area contributed by atoms with E-state index in [0.29, 0.717) is 11.5 Å². The van der Waals surface area contributed by atoms with Crippen LogP contribution in [0.25, 0.3) is 0 Å². The lowest BCUT2D eigenvalue weighted by Gasteiger charge is -2.52. The highest BCUT2D eigenvalue weighted by atomic mass is 15.3. The van der Waals surface area contributed by atoms with Gasteiger partial charge in [0.25, 0.3) is 0 Å². The average Bonchev–Trinajstić information content (AvgIpc) is 2.46. The zero-order valence-electron chi connectivity index (χ0n) is 15.0. The van der Waals surface area contributed by atoms with Gasteiger partial charge in [0.1, 0.15) is 0 Å². The molecular weight excluding hydrogens is 258 g/mol. The number of hydrogen-bond donors (Lipinski definition) is 1. The number of nitrogens with zero attached hydrogens (tertiary/aromatic N) is 2. The van der Waals surface area contributed by atoms with Crippen LogP contribution in [-0.2, 0) is 0 Å². The molecule has 21 heavy (non-hydrogen) atoms. The summed E-state index contributed by atoms with van der Waals surface area (Å²) in [5.74, 6) is 0. The predicted molar refractivity (Wildman–Crippen MR) is 91.5 cm³/mol. The van der Waals surface area contributed by atoms with E-state index in [-0.39, 0.29) is 5.54 Å². The summed E-state index contributed by atoms with van der Waals surface area (Å²) < 4.78 is 0. The molecule has 1 aliphatic carbocycles. The fourth-order valence-corrected chi connectivity index (χ4v) is 4.32. The summed E-state index contributed by atoms with van der Waals surface area (Å²) in [5.41, 5.74) is 7.06. The van der Waals surface area contributed by atoms with Gasteiger partial charge in [0.05, 0.1) is 0 Å². The minimum absolute atomic E-state index is 0.248. The molecule has 0 radical (unpaired) electrons. The van der Waals surface area contributed by atoms with Crippen molar-refractivity contribution in [1.82, 2.24) is 9.80 Å². The largest absolute Gasteiger partial charge is 0.329 e. The monoisotopic (exact) mass is 295 g/mol. The van der Waals surface area contributed by atoms with E-state index in [1.807, 2.05) is 0 Å². The molecule has 2 N–H and O–H groups in total. The molecule has 3 heteroatoms. The van der Waals surface area contributed by atoms with E-state index in [4.69, 9.17) is 5.73 Å². The Morgan fingerprint density at radius 1 is 1.10 bits per heavy atom. The van der Waals surface area contributed by atoms with Crippen LogP contribution in [0.3, 0.4) is 0 Å². The van der Waals surface area contributed by atoms with Gasteiger partial charge in [-0.25, -0.2) is 0 Å². The summed E-state index contributed by atoms with van der Waals surface area (Å²) in [6, 6.07) is 1.41. The third-order valence-electron chi connectivity index (χ3n) is 6.44. The third-order valence-corrected chi connectivity index (χ3v) is 6.44. The molecule has 0 spiro atoms. The average molecular weight is 296 g/mol. The van der Waals surface area contributed by atoms with Crippen LogP contribution in [0.4, 0.5) is 0 Å². The minimum Gasteiger partial charge on any atom is -0.329 e. The molecular formula is C18H37N3.